The van der Waals surface area contributed by atoms with Gasteiger partial charge >= 0.3 is 6.18 Å². The van der Waals surface area contributed by atoms with Gasteiger partial charge in [0, 0.05) is 25.1 Å². The highest BCUT2D eigenvalue weighted by atomic mass is 19.4. The lowest BCUT2D eigenvalue weighted by atomic mass is 9.87. The van der Waals surface area contributed by atoms with Crippen molar-refractivity contribution in [3.63, 3.8) is 0 Å². The number of aromatic nitrogens is 1. The van der Waals surface area contributed by atoms with Crippen molar-refractivity contribution >= 4 is 23.8 Å². The number of piperidine rings is 1. The Hall–Kier alpha value is -3.26. The fraction of sp³-hybridized carbons (Fsp3) is 0.292. The number of ketones is 1. The molecule has 0 spiro atoms. The Labute approximate surface area is 183 Å². The first kappa shape index (κ1) is 23.4. The molecular weight excluding hydrogens is 421 g/mol. The van der Waals surface area contributed by atoms with E-state index in [0.29, 0.717) is 30.8 Å². The molecule has 1 aliphatic heterocycles. The van der Waals surface area contributed by atoms with Crippen LogP contribution < -0.4 is 0 Å². The van der Waals surface area contributed by atoms with E-state index in [1.165, 1.54) is 36.4 Å². The monoisotopic (exact) mass is 444 g/mol. The lowest BCUT2D eigenvalue weighted by Crippen LogP contribution is -2.38. The molecule has 2 aromatic rings. The zero-order valence-corrected chi connectivity index (χ0v) is 17.3. The highest BCUT2D eigenvalue weighted by Crippen LogP contribution is 2.38. The number of alkyl halides is 3. The van der Waals surface area contributed by atoms with Crippen molar-refractivity contribution in [2.24, 2.45) is 0 Å². The van der Waals surface area contributed by atoms with E-state index in [1.807, 2.05) is 0 Å². The molecule has 0 bridgehead atoms. The van der Waals surface area contributed by atoms with Gasteiger partial charge < -0.3 is 10.0 Å². The molecule has 1 unspecified atom stereocenters. The summed E-state index contributed by atoms with van der Waals surface area (Å²) in [5.74, 6) is -1.12. The number of hydrogen-bond donors (Lipinski definition) is 1. The van der Waals surface area contributed by atoms with E-state index in [-0.39, 0.29) is 23.9 Å². The van der Waals surface area contributed by atoms with Crippen LogP contribution in [0.25, 0.3) is 12.2 Å². The Balaban J connectivity index is 1.70. The van der Waals surface area contributed by atoms with E-state index < -0.39 is 24.1 Å². The summed E-state index contributed by atoms with van der Waals surface area (Å²) in [5.41, 5.74) is 0.555. The van der Waals surface area contributed by atoms with Gasteiger partial charge in [-0.3, -0.25) is 9.59 Å². The first-order valence-electron chi connectivity index (χ1n) is 10.2. The van der Waals surface area contributed by atoms with E-state index in [0.717, 1.165) is 6.07 Å². The van der Waals surface area contributed by atoms with Crippen molar-refractivity contribution in [1.82, 2.24) is 9.88 Å². The SMILES string of the molecule is O=C(/C=C/c1cccc(/C=C/C(=O)N2CCCC(c3ccccc3C(F)(F)F)C2)n1)CO. The molecule has 5 nitrogen and oxygen atoms in total. The molecule has 1 aliphatic rings. The molecule has 8 heteroatoms. The molecule has 2 heterocycles. The Kier molecular flexibility index (Phi) is 7.58. The lowest BCUT2D eigenvalue weighted by Gasteiger charge is -2.33. The van der Waals surface area contributed by atoms with Crippen molar-refractivity contribution in [3.8, 4) is 0 Å². The second-order valence-electron chi connectivity index (χ2n) is 7.49. The quantitative estimate of drug-likeness (QED) is 0.682. The number of likely N-dealkylation sites (tertiary alicyclic amines) is 1. The minimum absolute atomic E-state index is 0.218. The summed E-state index contributed by atoms with van der Waals surface area (Å²) in [6.07, 6.45) is 2.33. The van der Waals surface area contributed by atoms with Crippen molar-refractivity contribution in [2.75, 3.05) is 19.7 Å². The number of nitrogens with zero attached hydrogens (tertiary/aromatic N) is 2. The van der Waals surface area contributed by atoms with Gasteiger partial charge in [-0.1, -0.05) is 24.3 Å². The Morgan fingerprint density at radius 3 is 2.44 bits per heavy atom. The van der Waals surface area contributed by atoms with E-state index in [4.69, 9.17) is 5.11 Å². The minimum Gasteiger partial charge on any atom is -0.388 e. The summed E-state index contributed by atoms with van der Waals surface area (Å²) in [5, 5.41) is 8.75. The molecular formula is C24H23F3N2O3. The van der Waals surface area contributed by atoms with Crippen LogP contribution in [0.3, 0.4) is 0 Å². The molecule has 1 amide bonds. The average Bonchev–Trinajstić information content (AvgIpc) is 2.80. The molecule has 32 heavy (non-hydrogen) atoms. The van der Waals surface area contributed by atoms with E-state index in [1.54, 1.807) is 29.2 Å². The van der Waals surface area contributed by atoms with E-state index >= 15 is 0 Å². The normalized spacial score (nSPS) is 17.2. The Morgan fingerprint density at radius 1 is 1.06 bits per heavy atom. The van der Waals surface area contributed by atoms with Crippen molar-refractivity contribution in [2.45, 2.75) is 24.9 Å². The van der Waals surface area contributed by atoms with Gasteiger partial charge in [0.05, 0.1) is 17.0 Å². The Bertz CT molecular complexity index is 1030. The van der Waals surface area contributed by atoms with Crippen molar-refractivity contribution < 1.29 is 27.9 Å². The number of aliphatic hydroxyl groups is 1. The number of amides is 1. The molecule has 1 saturated heterocycles. The number of hydrogen-bond acceptors (Lipinski definition) is 4. The third-order valence-electron chi connectivity index (χ3n) is 5.22. The fourth-order valence-electron chi connectivity index (χ4n) is 3.69. The lowest BCUT2D eigenvalue weighted by molar-refractivity contribution is -0.138. The van der Waals surface area contributed by atoms with E-state index in [2.05, 4.69) is 4.98 Å². The molecule has 1 fully saturated rings. The summed E-state index contributed by atoms with van der Waals surface area (Å²) in [6, 6.07) is 10.6. The summed E-state index contributed by atoms with van der Waals surface area (Å²) < 4.78 is 40.2. The van der Waals surface area contributed by atoms with Crippen molar-refractivity contribution in [1.29, 1.82) is 0 Å². The third kappa shape index (κ3) is 6.13. The number of rotatable bonds is 6. The minimum atomic E-state index is -4.43. The van der Waals surface area contributed by atoms with Gasteiger partial charge in [0.15, 0.2) is 5.78 Å². The van der Waals surface area contributed by atoms with Gasteiger partial charge in [-0.15, -0.1) is 0 Å². The third-order valence-corrected chi connectivity index (χ3v) is 5.22. The van der Waals surface area contributed by atoms with Gasteiger partial charge in [-0.2, -0.15) is 13.2 Å². The predicted octanol–water partition coefficient (Wildman–Crippen LogP) is 4.09. The fourth-order valence-corrected chi connectivity index (χ4v) is 3.69. The second kappa shape index (κ2) is 10.4. The van der Waals surface area contributed by atoms with Gasteiger partial charge in [-0.05, 0) is 54.8 Å². The number of benzene rings is 1. The number of carbonyl (C=O) groups excluding carboxylic acids is 2. The molecule has 1 N–H and O–H groups in total. The molecule has 1 aromatic heterocycles. The van der Waals surface area contributed by atoms with Crippen LogP contribution in [0.15, 0.2) is 54.6 Å². The topological polar surface area (TPSA) is 70.5 Å². The number of pyridine rings is 1. The standard InChI is InChI=1S/C24H23F3N2O3/c25-24(26,27)22-9-2-1-8-21(22)17-5-4-14-29(15-17)23(32)13-11-19-7-3-6-18(28-19)10-12-20(31)16-30/h1-3,6-13,17,30H,4-5,14-16H2/b12-10+,13-11+. The first-order valence-corrected chi connectivity index (χ1v) is 10.2. The molecule has 1 atom stereocenters. The zero-order chi connectivity index (χ0) is 23.1. The first-order chi connectivity index (χ1) is 15.3. The van der Waals surface area contributed by atoms with Crippen LogP contribution in [0.2, 0.25) is 0 Å². The van der Waals surface area contributed by atoms with Crippen LogP contribution in [0.4, 0.5) is 13.2 Å². The molecule has 0 aliphatic carbocycles. The molecule has 0 radical (unpaired) electrons. The van der Waals surface area contributed by atoms with Crippen LogP contribution in [-0.4, -0.2) is 46.4 Å². The van der Waals surface area contributed by atoms with E-state index in [9.17, 15) is 22.8 Å². The number of halogens is 3. The maximum absolute atomic E-state index is 13.4. The molecule has 3 rings (SSSR count). The maximum atomic E-state index is 13.4. The highest BCUT2D eigenvalue weighted by molar-refractivity contribution is 5.94. The summed E-state index contributed by atoms with van der Waals surface area (Å²) in [7, 11) is 0. The predicted molar refractivity (Wildman–Crippen MR) is 114 cm³/mol. The van der Waals surface area contributed by atoms with Crippen LogP contribution in [-0.2, 0) is 15.8 Å². The maximum Gasteiger partial charge on any atom is 0.416 e. The van der Waals surface area contributed by atoms with Crippen molar-refractivity contribution in [3.05, 3.63) is 77.1 Å². The molecule has 168 valence electrons. The van der Waals surface area contributed by atoms with Gasteiger partial charge in [0.1, 0.15) is 6.61 Å². The summed E-state index contributed by atoms with van der Waals surface area (Å²) >= 11 is 0. The smallest absolute Gasteiger partial charge is 0.388 e. The van der Waals surface area contributed by atoms with Crippen LogP contribution in [0, 0.1) is 0 Å². The van der Waals surface area contributed by atoms with Gasteiger partial charge in [0.25, 0.3) is 0 Å². The summed E-state index contributed by atoms with van der Waals surface area (Å²) in [4.78, 5) is 29.7. The van der Waals surface area contributed by atoms with Gasteiger partial charge in [-0.25, -0.2) is 4.98 Å². The van der Waals surface area contributed by atoms with Crippen LogP contribution in [0.1, 0.15) is 41.3 Å². The zero-order valence-electron chi connectivity index (χ0n) is 17.3. The molecule has 1 aromatic carbocycles. The highest BCUT2D eigenvalue weighted by Gasteiger charge is 2.36. The number of aliphatic hydroxyl groups excluding tert-OH is 1. The average molecular weight is 444 g/mol. The Morgan fingerprint density at radius 2 is 1.75 bits per heavy atom. The number of carbonyl (C=O) groups is 2. The second-order valence-corrected chi connectivity index (χ2v) is 7.49. The largest absolute Gasteiger partial charge is 0.416 e. The van der Waals surface area contributed by atoms with Gasteiger partial charge in [0.2, 0.25) is 5.91 Å². The molecule has 0 saturated carbocycles. The van der Waals surface area contributed by atoms with Crippen LogP contribution >= 0.6 is 0 Å². The van der Waals surface area contributed by atoms with Crippen LogP contribution in [0.5, 0.6) is 0 Å². The summed E-state index contributed by atoms with van der Waals surface area (Å²) in [6.45, 7) is 0.109.